The van der Waals surface area contributed by atoms with Crippen LogP contribution in [0.2, 0.25) is 0 Å². The lowest BCUT2D eigenvalue weighted by Crippen LogP contribution is -2.05. The van der Waals surface area contributed by atoms with Gasteiger partial charge in [0.05, 0.1) is 4.86 Å². The molecule has 0 spiro atoms. The first-order chi connectivity index (χ1) is 8.20. The summed E-state index contributed by atoms with van der Waals surface area (Å²) in [6, 6.07) is 18.6. The molecule has 0 amide bonds. The van der Waals surface area contributed by atoms with E-state index >= 15 is 0 Å². The summed E-state index contributed by atoms with van der Waals surface area (Å²) in [5.41, 5.74) is 3.63. The third kappa shape index (κ3) is 2.62. The smallest absolute Gasteiger partial charge is 0.0524 e. The average Bonchev–Trinajstić information content (AvgIpc) is 2.39. The Morgan fingerprint density at radius 1 is 0.882 bits per heavy atom. The van der Waals surface area contributed by atoms with Crippen LogP contribution in [0.15, 0.2) is 54.6 Å². The van der Waals surface area contributed by atoms with Crippen molar-refractivity contribution in [2.75, 3.05) is 0 Å². The van der Waals surface area contributed by atoms with Gasteiger partial charge in [0.15, 0.2) is 0 Å². The zero-order valence-corrected chi connectivity index (χ0v) is 11.0. The van der Waals surface area contributed by atoms with Crippen molar-refractivity contribution in [3.63, 3.8) is 0 Å². The molecule has 0 aliphatic heterocycles. The van der Waals surface area contributed by atoms with E-state index in [1.165, 1.54) is 11.1 Å². The molecule has 0 aliphatic carbocycles. The highest BCUT2D eigenvalue weighted by molar-refractivity contribution is 7.81. The van der Waals surface area contributed by atoms with E-state index in [2.05, 4.69) is 50.2 Å². The van der Waals surface area contributed by atoms with Crippen LogP contribution >= 0.6 is 12.2 Å². The van der Waals surface area contributed by atoms with Crippen LogP contribution < -0.4 is 0 Å². The molecule has 0 unspecified atom stereocenters. The maximum atomic E-state index is 5.59. The van der Waals surface area contributed by atoms with E-state index in [1.807, 2.05) is 18.2 Å². The first kappa shape index (κ1) is 12.0. The minimum atomic E-state index is 0.493. The molecule has 0 saturated heterocycles. The SMILES string of the molecule is CC(C)c1ccccc1C(=S)c1ccccc1. The number of thiocarbonyl (C=S) groups is 1. The Labute approximate surface area is 108 Å². The van der Waals surface area contributed by atoms with Gasteiger partial charge in [0.25, 0.3) is 0 Å². The summed E-state index contributed by atoms with van der Waals surface area (Å²) in [5, 5.41) is 0. The Morgan fingerprint density at radius 2 is 1.47 bits per heavy atom. The summed E-state index contributed by atoms with van der Waals surface area (Å²) in [4.78, 5) is 0.940. The standard InChI is InChI=1S/C16H16S/c1-12(2)14-10-6-7-11-15(14)16(17)13-8-4-3-5-9-13/h3-12H,1-2H3. The van der Waals surface area contributed by atoms with Gasteiger partial charge < -0.3 is 0 Å². The van der Waals surface area contributed by atoms with E-state index in [0.29, 0.717) is 5.92 Å². The first-order valence-corrected chi connectivity index (χ1v) is 6.29. The van der Waals surface area contributed by atoms with Crippen LogP contribution in [0.25, 0.3) is 0 Å². The zero-order chi connectivity index (χ0) is 12.3. The molecule has 0 aliphatic rings. The average molecular weight is 240 g/mol. The van der Waals surface area contributed by atoms with Crippen molar-refractivity contribution >= 4 is 17.1 Å². The van der Waals surface area contributed by atoms with Gasteiger partial charge in [0.2, 0.25) is 0 Å². The van der Waals surface area contributed by atoms with Crippen molar-refractivity contribution in [2.24, 2.45) is 0 Å². The molecule has 86 valence electrons. The second-order valence-corrected chi connectivity index (χ2v) is 4.85. The van der Waals surface area contributed by atoms with Crippen LogP contribution in [-0.2, 0) is 0 Å². The molecule has 0 fully saturated rings. The summed E-state index contributed by atoms with van der Waals surface area (Å²) in [5.74, 6) is 0.493. The maximum absolute atomic E-state index is 5.59. The number of hydrogen-bond donors (Lipinski definition) is 0. The molecular formula is C16H16S. The highest BCUT2D eigenvalue weighted by Gasteiger charge is 2.10. The second-order valence-electron chi connectivity index (χ2n) is 4.44. The van der Waals surface area contributed by atoms with Gasteiger partial charge in [-0.1, -0.05) is 80.7 Å². The predicted octanol–water partition coefficient (Wildman–Crippen LogP) is 4.58. The van der Waals surface area contributed by atoms with Gasteiger partial charge in [0.1, 0.15) is 0 Å². The van der Waals surface area contributed by atoms with E-state index in [-0.39, 0.29) is 0 Å². The maximum Gasteiger partial charge on any atom is 0.0524 e. The molecule has 0 radical (unpaired) electrons. The lowest BCUT2D eigenvalue weighted by atomic mass is 9.93. The topological polar surface area (TPSA) is 0 Å². The largest absolute Gasteiger partial charge is 0.0788 e. The predicted molar refractivity (Wildman–Crippen MR) is 77.8 cm³/mol. The zero-order valence-electron chi connectivity index (χ0n) is 10.2. The van der Waals surface area contributed by atoms with Gasteiger partial charge in [-0.15, -0.1) is 0 Å². The normalized spacial score (nSPS) is 10.5. The fourth-order valence-electron chi connectivity index (χ4n) is 1.95. The molecule has 0 aromatic heterocycles. The molecule has 0 N–H and O–H groups in total. The Bertz CT molecular complexity index is 512. The van der Waals surface area contributed by atoms with Crippen LogP contribution in [0.5, 0.6) is 0 Å². The Hall–Kier alpha value is -1.47. The summed E-state index contributed by atoms with van der Waals surface area (Å²) < 4.78 is 0. The number of hydrogen-bond acceptors (Lipinski definition) is 1. The third-order valence-electron chi connectivity index (χ3n) is 2.86. The lowest BCUT2D eigenvalue weighted by molar-refractivity contribution is 0.864. The van der Waals surface area contributed by atoms with E-state index in [0.717, 1.165) is 10.4 Å². The summed E-state index contributed by atoms with van der Waals surface area (Å²) in [6.07, 6.45) is 0. The summed E-state index contributed by atoms with van der Waals surface area (Å²) in [6.45, 7) is 4.40. The van der Waals surface area contributed by atoms with Crippen LogP contribution in [0.3, 0.4) is 0 Å². The molecule has 2 rings (SSSR count). The molecular weight excluding hydrogens is 224 g/mol. The molecule has 2 aromatic rings. The van der Waals surface area contributed by atoms with Crippen molar-refractivity contribution < 1.29 is 0 Å². The minimum absolute atomic E-state index is 0.493. The van der Waals surface area contributed by atoms with Gasteiger partial charge in [-0.2, -0.15) is 0 Å². The van der Waals surface area contributed by atoms with Crippen LogP contribution in [-0.4, -0.2) is 4.86 Å². The fourth-order valence-corrected chi connectivity index (χ4v) is 2.27. The Kier molecular flexibility index (Phi) is 3.70. The molecule has 0 bridgehead atoms. The molecule has 0 atom stereocenters. The van der Waals surface area contributed by atoms with Gasteiger partial charge in [-0.25, -0.2) is 0 Å². The Morgan fingerprint density at radius 3 is 2.12 bits per heavy atom. The Balaban J connectivity index is 2.45. The molecule has 17 heavy (non-hydrogen) atoms. The van der Waals surface area contributed by atoms with E-state index in [9.17, 15) is 0 Å². The fraction of sp³-hybridized carbons (Fsp3) is 0.188. The van der Waals surface area contributed by atoms with Crippen molar-refractivity contribution in [3.05, 3.63) is 71.3 Å². The van der Waals surface area contributed by atoms with Crippen molar-refractivity contribution in [2.45, 2.75) is 19.8 Å². The van der Waals surface area contributed by atoms with Crippen LogP contribution in [0.4, 0.5) is 0 Å². The second kappa shape index (κ2) is 5.24. The highest BCUT2D eigenvalue weighted by atomic mass is 32.1. The molecule has 0 heterocycles. The van der Waals surface area contributed by atoms with Crippen molar-refractivity contribution in [3.8, 4) is 0 Å². The molecule has 0 nitrogen and oxygen atoms in total. The number of benzene rings is 2. The van der Waals surface area contributed by atoms with E-state index < -0.39 is 0 Å². The van der Waals surface area contributed by atoms with E-state index in [1.54, 1.807) is 0 Å². The third-order valence-corrected chi connectivity index (χ3v) is 3.32. The van der Waals surface area contributed by atoms with Crippen molar-refractivity contribution in [1.29, 1.82) is 0 Å². The van der Waals surface area contributed by atoms with Gasteiger partial charge in [-0.3, -0.25) is 0 Å². The van der Waals surface area contributed by atoms with E-state index in [4.69, 9.17) is 12.2 Å². The van der Waals surface area contributed by atoms with Gasteiger partial charge >= 0.3 is 0 Å². The molecule has 1 heteroatoms. The first-order valence-electron chi connectivity index (χ1n) is 5.89. The summed E-state index contributed by atoms with van der Waals surface area (Å²) >= 11 is 5.59. The minimum Gasteiger partial charge on any atom is -0.0788 e. The number of rotatable bonds is 3. The van der Waals surface area contributed by atoms with Crippen molar-refractivity contribution in [1.82, 2.24) is 0 Å². The van der Waals surface area contributed by atoms with Gasteiger partial charge in [0, 0.05) is 0 Å². The monoisotopic (exact) mass is 240 g/mol. The quantitative estimate of drug-likeness (QED) is 0.559. The summed E-state index contributed by atoms with van der Waals surface area (Å²) in [7, 11) is 0. The van der Waals surface area contributed by atoms with Crippen LogP contribution in [0, 0.1) is 0 Å². The molecule has 0 saturated carbocycles. The molecule has 2 aromatic carbocycles. The lowest BCUT2D eigenvalue weighted by Gasteiger charge is -2.13. The van der Waals surface area contributed by atoms with Gasteiger partial charge in [-0.05, 0) is 22.6 Å². The highest BCUT2D eigenvalue weighted by Crippen LogP contribution is 2.22. The van der Waals surface area contributed by atoms with Crippen LogP contribution in [0.1, 0.15) is 36.5 Å².